The molecule has 0 aliphatic carbocycles. The Labute approximate surface area is 107 Å². The van der Waals surface area contributed by atoms with Crippen LogP contribution in [-0.4, -0.2) is 0 Å². The van der Waals surface area contributed by atoms with Crippen molar-refractivity contribution in [3.05, 3.63) is 67.8 Å². The van der Waals surface area contributed by atoms with Crippen LogP contribution in [0, 0.1) is 0 Å². The van der Waals surface area contributed by atoms with Gasteiger partial charge in [-0.25, -0.2) is 0 Å². The van der Waals surface area contributed by atoms with E-state index in [9.17, 15) is 0 Å². The smallest absolute Gasteiger partial charge is 2.00 e. The molecule has 2 nitrogen and oxygen atoms in total. The van der Waals surface area contributed by atoms with E-state index in [1.807, 2.05) is 36.4 Å². The van der Waals surface area contributed by atoms with Crippen molar-refractivity contribution in [1.82, 2.24) is 0 Å². The van der Waals surface area contributed by atoms with Gasteiger partial charge in [0.2, 0.25) is 0 Å². The van der Waals surface area contributed by atoms with E-state index in [0.29, 0.717) is 0 Å². The second-order valence-corrected chi connectivity index (χ2v) is 2.09. The van der Waals surface area contributed by atoms with Gasteiger partial charge in [-0.2, -0.15) is 0 Å². The van der Waals surface area contributed by atoms with Gasteiger partial charge in [0, 0.05) is 0 Å². The van der Waals surface area contributed by atoms with Crippen LogP contribution in [0.1, 0.15) is 5.56 Å². The van der Waals surface area contributed by atoms with Gasteiger partial charge in [-0.3, -0.25) is 0 Å². The fourth-order valence-electron chi connectivity index (χ4n) is 0.589. The minimum Gasteiger partial charge on any atom is -2.00 e. The summed E-state index contributed by atoms with van der Waals surface area (Å²) >= 11 is 0. The Bertz CT molecular complexity index is 239. The predicted octanol–water partition coefficient (Wildman–Crippen LogP) is 3.45. The number of rotatable bonds is 2. The van der Waals surface area contributed by atoms with Crippen molar-refractivity contribution in [2.75, 3.05) is 0 Å². The van der Waals surface area contributed by atoms with Crippen LogP contribution >= 0.6 is 0 Å². The first-order valence-corrected chi connectivity index (χ1v) is 3.76. The molecule has 0 saturated carbocycles. The second kappa shape index (κ2) is 18.8. The average molecular weight is 238 g/mol. The molecule has 0 saturated heterocycles. The third kappa shape index (κ3) is 15.8. The van der Waals surface area contributed by atoms with Crippen LogP contribution < -0.4 is 0 Å². The van der Waals surface area contributed by atoms with Gasteiger partial charge in [0.05, 0.1) is 0 Å². The van der Waals surface area contributed by atoms with Crippen molar-refractivity contribution in [3.63, 3.8) is 0 Å². The van der Waals surface area contributed by atoms with Crippen molar-refractivity contribution in [3.8, 4) is 0 Å². The van der Waals surface area contributed by atoms with Gasteiger partial charge in [0.1, 0.15) is 0 Å². The zero-order chi connectivity index (χ0) is 9.23. The van der Waals surface area contributed by atoms with Crippen molar-refractivity contribution >= 4 is 6.08 Å². The molecule has 1 aromatic rings. The fourth-order valence-corrected chi connectivity index (χ4v) is 0.589. The van der Waals surface area contributed by atoms with Crippen LogP contribution in [0.4, 0.5) is 0 Å². The molecule has 0 heterocycles. The number of allylic oxidation sites excluding steroid dienone is 2. The van der Waals surface area contributed by atoms with Crippen molar-refractivity contribution in [1.29, 1.82) is 0 Å². The SMILES string of the molecule is C=CC=C.C=Cc1ccccc1.[O-2].[O-2].[Ti+4]. The summed E-state index contributed by atoms with van der Waals surface area (Å²) in [6, 6.07) is 10.0. The fraction of sp³-hybridized carbons (Fsp3) is 0. The van der Waals surface area contributed by atoms with Crippen LogP contribution in [-0.2, 0) is 32.7 Å². The molecule has 0 amide bonds. The van der Waals surface area contributed by atoms with E-state index in [1.165, 1.54) is 5.56 Å². The molecule has 15 heavy (non-hydrogen) atoms. The van der Waals surface area contributed by atoms with E-state index in [4.69, 9.17) is 0 Å². The van der Waals surface area contributed by atoms with E-state index in [2.05, 4.69) is 19.7 Å². The average Bonchev–Trinajstić information content (AvgIpc) is 2.19. The van der Waals surface area contributed by atoms with Crippen LogP contribution in [0.15, 0.2) is 62.2 Å². The Kier molecular flexibility index (Phi) is 29.7. The van der Waals surface area contributed by atoms with Gasteiger partial charge in [-0.15, -0.1) is 0 Å². The quantitative estimate of drug-likeness (QED) is 0.559. The largest absolute Gasteiger partial charge is 4.00 e. The van der Waals surface area contributed by atoms with Gasteiger partial charge < -0.3 is 11.0 Å². The number of hydrogen-bond donors (Lipinski definition) is 0. The van der Waals surface area contributed by atoms with Crippen molar-refractivity contribution < 1.29 is 32.7 Å². The molecule has 0 spiro atoms. The third-order valence-electron chi connectivity index (χ3n) is 1.20. The summed E-state index contributed by atoms with van der Waals surface area (Å²) in [5, 5.41) is 0. The first-order valence-electron chi connectivity index (χ1n) is 3.76. The normalized spacial score (nSPS) is 5.87. The number of hydrogen-bond acceptors (Lipinski definition) is 0. The standard InChI is InChI=1S/C8H8.C4H6.2O.Ti/c1-2-8-6-4-3-5-7-8;1-3-4-2;;;/h2-7H,1H2;3-4H,1-2H2;;;/q;;2*-2;+4. The molecular weight excluding hydrogens is 224 g/mol. The number of benzene rings is 1. The Morgan fingerprint density at radius 2 is 1.20 bits per heavy atom. The minimum absolute atomic E-state index is 0. The summed E-state index contributed by atoms with van der Waals surface area (Å²) < 4.78 is 0. The predicted molar refractivity (Wildman–Crippen MR) is 58.3 cm³/mol. The molecule has 0 unspecified atom stereocenters. The minimum atomic E-state index is 0. The molecule has 0 radical (unpaired) electrons. The summed E-state index contributed by atoms with van der Waals surface area (Å²) in [4.78, 5) is 0. The molecule has 1 rings (SSSR count). The summed E-state index contributed by atoms with van der Waals surface area (Å²) in [5.41, 5.74) is 1.17. The summed E-state index contributed by atoms with van der Waals surface area (Å²) in [6.45, 7) is 10.4. The first kappa shape index (κ1) is 23.7. The molecule has 0 aliphatic heterocycles. The third-order valence-corrected chi connectivity index (χ3v) is 1.20. The zero-order valence-electron chi connectivity index (χ0n) is 8.56. The van der Waals surface area contributed by atoms with Crippen molar-refractivity contribution in [2.45, 2.75) is 0 Å². The molecule has 0 aromatic heterocycles. The zero-order valence-corrected chi connectivity index (χ0v) is 10.1. The first-order chi connectivity index (χ1) is 5.85. The maximum Gasteiger partial charge on any atom is 4.00 e. The summed E-state index contributed by atoms with van der Waals surface area (Å²) in [6.07, 6.45) is 5.11. The Morgan fingerprint density at radius 1 is 0.800 bits per heavy atom. The van der Waals surface area contributed by atoms with E-state index < -0.39 is 0 Å². The maximum atomic E-state index is 3.63. The monoisotopic (exact) mass is 238 g/mol. The Hall–Kier alpha value is -0.926. The Balaban J connectivity index is -0.0000000779. The molecule has 0 atom stereocenters. The molecule has 1 aromatic carbocycles. The van der Waals surface area contributed by atoms with Gasteiger partial charge in [-0.05, 0) is 5.56 Å². The summed E-state index contributed by atoms with van der Waals surface area (Å²) in [5.74, 6) is 0. The molecular formula is C12H14O2Ti. The summed E-state index contributed by atoms with van der Waals surface area (Å²) in [7, 11) is 0. The van der Waals surface area contributed by atoms with Gasteiger partial charge >= 0.3 is 21.7 Å². The molecule has 78 valence electrons. The second-order valence-electron chi connectivity index (χ2n) is 2.09. The Morgan fingerprint density at radius 3 is 1.40 bits per heavy atom. The van der Waals surface area contributed by atoms with E-state index in [-0.39, 0.29) is 32.7 Å². The van der Waals surface area contributed by atoms with E-state index >= 15 is 0 Å². The molecule has 0 aliphatic rings. The molecule has 0 N–H and O–H groups in total. The van der Waals surface area contributed by atoms with E-state index in [0.717, 1.165) is 0 Å². The van der Waals surface area contributed by atoms with Crippen LogP contribution in [0.3, 0.4) is 0 Å². The van der Waals surface area contributed by atoms with Gasteiger partial charge in [0.15, 0.2) is 0 Å². The molecule has 0 fully saturated rings. The van der Waals surface area contributed by atoms with Crippen LogP contribution in [0.25, 0.3) is 6.08 Å². The van der Waals surface area contributed by atoms with Gasteiger partial charge in [-0.1, -0.05) is 68.3 Å². The van der Waals surface area contributed by atoms with Crippen LogP contribution in [0.2, 0.25) is 0 Å². The van der Waals surface area contributed by atoms with E-state index in [1.54, 1.807) is 12.2 Å². The maximum absolute atomic E-state index is 3.63. The van der Waals surface area contributed by atoms with Crippen molar-refractivity contribution in [2.24, 2.45) is 0 Å². The molecule has 3 heteroatoms. The van der Waals surface area contributed by atoms with Crippen LogP contribution in [0.5, 0.6) is 0 Å². The van der Waals surface area contributed by atoms with Gasteiger partial charge in [0.25, 0.3) is 0 Å². The topological polar surface area (TPSA) is 57.0 Å². The molecule has 0 bridgehead atoms.